The average Bonchev–Trinajstić information content (AvgIpc) is 2.29. The van der Waals surface area contributed by atoms with Gasteiger partial charge in [-0.1, -0.05) is 58.8 Å². The minimum atomic E-state index is 0.374. The summed E-state index contributed by atoms with van der Waals surface area (Å²) in [5, 5.41) is 0. The zero-order chi connectivity index (χ0) is 11.6. The first kappa shape index (κ1) is 14.5. The molecule has 0 nitrogen and oxygen atoms in total. The highest BCUT2D eigenvalue weighted by atomic mass is 31.1. The molecule has 1 unspecified atom stereocenters. The van der Waals surface area contributed by atoms with E-state index >= 15 is 0 Å². The lowest BCUT2D eigenvalue weighted by Gasteiger charge is -2.24. The first-order valence-corrected chi connectivity index (χ1v) is 9.36. The zero-order valence-corrected chi connectivity index (χ0v) is 12.4. The van der Waals surface area contributed by atoms with E-state index in [-0.39, 0.29) is 0 Å². The van der Waals surface area contributed by atoms with Crippen molar-refractivity contribution in [3.8, 4) is 0 Å². The minimum Gasteiger partial charge on any atom is -0.104 e. The molecule has 1 atom stereocenters. The summed E-state index contributed by atoms with van der Waals surface area (Å²) in [6.07, 6.45) is 18.1. The fourth-order valence-electron chi connectivity index (χ4n) is 2.68. The van der Waals surface area contributed by atoms with Crippen molar-refractivity contribution >= 4 is 7.92 Å². The van der Waals surface area contributed by atoms with Gasteiger partial charge in [0.05, 0.1) is 0 Å². The van der Waals surface area contributed by atoms with E-state index < -0.39 is 0 Å². The fraction of sp³-hybridized carbons (Fsp3) is 1.00. The zero-order valence-electron chi connectivity index (χ0n) is 11.5. The summed E-state index contributed by atoms with van der Waals surface area (Å²) in [5.74, 6) is 0. The SMILES string of the molecule is CCC(C)P1CCCCCCCCCCC1. The Hall–Kier alpha value is 0.430. The Morgan fingerprint density at radius 1 is 0.750 bits per heavy atom. The van der Waals surface area contributed by atoms with E-state index in [1.54, 1.807) is 12.3 Å². The van der Waals surface area contributed by atoms with Gasteiger partial charge in [0.1, 0.15) is 0 Å². The van der Waals surface area contributed by atoms with Crippen LogP contribution in [0.1, 0.15) is 78.1 Å². The molecule has 0 bridgehead atoms. The molecule has 0 aromatic rings. The van der Waals surface area contributed by atoms with Gasteiger partial charge in [-0.25, -0.2) is 0 Å². The lowest BCUT2D eigenvalue weighted by atomic mass is 10.1. The van der Waals surface area contributed by atoms with Crippen molar-refractivity contribution in [2.45, 2.75) is 83.7 Å². The second kappa shape index (κ2) is 9.46. The topological polar surface area (TPSA) is 0 Å². The maximum absolute atomic E-state index is 2.50. The summed E-state index contributed by atoms with van der Waals surface area (Å²) < 4.78 is 0. The quantitative estimate of drug-likeness (QED) is 0.537. The third-order valence-corrected chi connectivity index (χ3v) is 7.50. The molecule has 0 radical (unpaired) electrons. The van der Waals surface area contributed by atoms with Gasteiger partial charge in [-0.05, 0) is 37.2 Å². The van der Waals surface area contributed by atoms with Gasteiger partial charge >= 0.3 is 0 Å². The first-order chi connectivity index (χ1) is 7.84. The lowest BCUT2D eigenvalue weighted by molar-refractivity contribution is 0.569. The van der Waals surface area contributed by atoms with Gasteiger partial charge < -0.3 is 0 Å². The van der Waals surface area contributed by atoms with E-state index in [1.807, 2.05) is 0 Å². The predicted octanol–water partition coefficient (Wildman–Crippen LogP) is 5.79. The Morgan fingerprint density at radius 2 is 1.12 bits per heavy atom. The molecule has 1 saturated heterocycles. The summed E-state index contributed by atoms with van der Waals surface area (Å²) in [5.41, 5.74) is 1.03. The van der Waals surface area contributed by atoms with Crippen LogP contribution in [0.4, 0.5) is 0 Å². The average molecular weight is 242 g/mol. The summed E-state index contributed by atoms with van der Waals surface area (Å²) in [7, 11) is 0.374. The lowest BCUT2D eigenvalue weighted by Crippen LogP contribution is -2.05. The Labute approximate surface area is 104 Å². The Balaban J connectivity index is 2.30. The van der Waals surface area contributed by atoms with Crippen LogP contribution in [0.3, 0.4) is 0 Å². The number of hydrogen-bond donors (Lipinski definition) is 0. The third kappa shape index (κ3) is 6.24. The van der Waals surface area contributed by atoms with Crippen LogP contribution in [0.5, 0.6) is 0 Å². The van der Waals surface area contributed by atoms with Gasteiger partial charge in [0, 0.05) is 0 Å². The number of hydrogen-bond acceptors (Lipinski definition) is 0. The largest absolute Gasteiger partial charge is 0.104 e. The molecule has 0 spiro atoms. The Kier molecular flexibility index (Phi) is 8.57. The van der Waals surface area contributed by atoms with Crippen LogP contribution < -0.4 is 0 Å². The van der Waals surface area contributed by atoms with Crippen LogP contribution in [-0.2, 0) is 0 Å². The van der Waals surface area contributed by atoms with E-state index in [0.717, 1.165) is 5.66 Å². The second-order valence-electron chi connectivity index (χ2n) is 5.48. The summed E-state index contributed by atoms with van der Waals surface area (Å²) in [6, 6.07) is 0. The molecule has 0 amide bonds. The highest BCUT2D eigenvalue weighted by Crippen LogP contribution is 2.44. The molecule has 1 fully saturated rings. The molecule has 1 heterocycles. The molecule has 16 heavy (non-hydrogen) atoms. The van der Waals surface area contributed by atoms with Crippen LogP contribution in [0.2, 0.25) is 0 Å². The van der Waals surface area contributed by atoms with E-state index in [4.69, 9.17) is 0 Å². The monoisotopic (exact) mass is 242 g/mol. The molecule has 1 rings (SSSR count). The normalized spacial score (nSPS) is 24.4. The van der Waals surface area contributed by atoms with E-state index in [1.165, 1.54) is 64.2 Å². The molecule has 1 aliphatic rings. The van der Waals surface area contributed by atoms with Crippen LogP contribution in [-0.4, -0.2) is 18.0 Å². The van der Waals surface area contributed by atoms with E-state index in [0.29, 0.717) is 7.92 Å². The van der Waals surface area contributed by atoms with Crippen molar-refractivity contribution in [1.82, 2.24) is 0 Å². The van der Waals surface area contributed by atoms with Gasteiger partial charge in [-0.15, -0.1) is 7.92 Å². The molecule has 1 aliphatic heterocycles. The second-order valence-corrected chi connectivity index (χ2v) is 8.43. The molecule has 0 aromatic heterocycles. The van der Waals surface area contributed by atoms with Crippen molar-refractivity contribution in [2.24, 2.45) is 0 Å². The van der Waals surface area contributed by atoms with Crippen LogP contribution in [0.25, 0.3) is 0 Å². The fourth-order valence-corrected chi connectivity index (χ4v) is 5.56. The summed E-state index contributed by atoms with van der Waals surface area (Å²) in [4.78, 5) is 0. The summed E-state index contributed by atoms with van der Waals surface area (Å²) >= 11 is 0. The van der Waals surface area contributed by atoms with Gasteiger partial charge in [-0.2, -0.15) is 0 Å². The smallest absolute Gasteiger partial charge is 0.0240 e. The molecule has 96 valence electrons. The van der Waals surface area contributed by atoms with Crippen molar-refractivity contribution in [1.29, 1.82) is 0 Å². The standard InChI is InChI=1S/C15H31P/c1-3-15(2)16-13-11-9-7-5-4-6-8-10-12-14-16/h15H,3-14H2,1-2H3. The predicted molar refractivity (Wildman–Crippen MR) is 78.0 cm³/mol. The van der Waals surface area contributed by atoms with Crippen LogP contribution in [0, 0.1) is 0 Å². The molecule has 0 aliphatic carbocycles. The van der Waals surface area contributed by atoms with E-state index in [9.17, 15) is 0 Å². The van der Waals surface area contributed by atoms with E-state index in [2.05, 4.69) is 13.8 Å². The maximum Gasteiger partial charge on any atom is -0.0240 e. The van der Waals surface area contributed by atoms with Gasteiger partial charge in [0.25, 0.3) is 0 Å². The highest BCUT2D eigenvalue weighted by molar-refractivity contribution is 7.58. The molecule has 1 heteroatoms. The molecular weight excluding hydrogens is 211 g/mol. The third-order valence-electron chi connectivity index (χ3n) is 4.10. The van der Waals surface area contributed by atoms with Crippen molar-refractivity contribution in [3.63, 3.8) is 0 Å². The summed E-state index contributed by atoms with van der Waals surface area (Å²) in [6.45, 7) is 4.88. The highest BCUT2D eigenvalue weighted by Gasteiger charge is 2.14. The van der Waals surface area contributed by atoms with Crippen molar-refractivity contribution < 1.29 is 0 Å². The maximum atomic E-state index is 2.50. The molecule has 0 saturated carbocycles. The minimum absolute atomic E-state index is 0.374. The first-order valence-electron chi connectivity index (χ1n) is 7.58. The van der Waals surface area contributed by atoms with Gasteiger partial charge in [0.2, 0.25) is 0 Å². The van der Waals surface area contributed by atoms with Crippen LogP contribution in [0.15, 0.2) is 0 Å². The molecular formula is C15H31P. The van der Waals surface area contributed by atoms with Crippen LogP contribution >= 0.6 is 7.92 Å². The molecule has 0 aromatic carbocycles. The van der Waals surface area contributed by atoms with Gasteiger partial charge in [-0.3, -0.25) is 0 Å². The Morgan fingerprint density at radius 3 is 1.50 bits per heavy atom. The Bertz CT molecular complexity index is 144. The van der Waals surface area contributed by atoms with Crippen molar-refractivity contribution in [3.05, 3.63) is 0 Å². The van der Waals surface area contributed by atoms with Gasteiger partial charge in [0.15, 0.2) is 0 Å². The number of rotatable bonds is 2. The molecule has 0 N–H and O–H groups in total. The van der Waals surface area contributed by atoms with Crippen molar-refractivity contribution in [2.75, 3.05) is 12.3 Å².